The normalized spacial score (nSPS) is 12.6. The van der Waals surface area contributed by atoms with Gasteiger partial charge in [-0.1, -0.05) is 30.9 Å². The van der Waals surface area contributed by atoms with Crippen molar-refractivity contribution in [3.05, 3.63) is 0 Å². The minimum absolute atomic E-state index is 0.0903. The molecule has 0 spiro atoms. The van der Waals surface area contributed by atoms with E-state index < -0.39 is 0 Å². The molecule has 0 amide bonds. The SMILES string of the molecule is C#CC(CCC)OCCl. The van der Waals surface area contributed by atoms with Gasteiger partial charge in [-0.05, 0) is 6.42 Å². The predicted molar refractivity (Wildman–Crippen MR) is 39.3 cm³/mol. The van der Waals surface area contributed by atoms with E-state index in [0.717, 1.165) is 12.8 Å². The lowest BCUT2D eigenvalue weighted by Crippen LogP contribution is -2.07. The van der Waals surface area contributed by atoms with Crippen molar-refractivity contribution in [1.82, 2.24) is 0 Å². The first kappa shape index (κ1) is 8.81. The molecule has 0 rings (SSSR count). The van der Waals surface area contributed by atoms with Crippen LogP contribution in [0.15, 0.2) is 0 Å². The molecule has 0 fully saturated rings. The number of rotatable bonds is 4. The van der Waals surface area contributed by atoms with Crippen molar-refractivity contribution in [2.24, 2.45) is 0 Å². The van der Waals surface area contributed by atoms with E-state index in [2.05, 4.69) is 12.8 Å². The molecule has 1 unspecified atom stereocenters. The minimum atomic E-state index is -0.0903. The Bertz CT molecular complexity index is 89.6. The van der Waals surface area contributed by atoms with Gasteiger partial charge in [-0.2, -0.15) is 0 Å². The Morgan fingerprint density at radius 3 is 2.78 bits per heavy atom. The van der Waals surface area contributed by atoms with E-state index >= 15 is 0 Å². The van der Waals surface area contributed by atoms with E-state index in [1.165, 1.54) is 0 Å². The minimum Gasteiger partial charge on any atom is -0.350 e. The Balaban J connectivity index is 3.32. The van der Waals surface area contributed by atoms with Crippen molar-refractivity contribution in [2.45, 2.75) is 25.9 Å². The molecule has 0 heterocycles. The molecule has 0 radical (unpaired) electrons. The zero-order valence-electron chi connectivity index (χ0n) is 5.56. The molecule has 0 aromatic carbocycles. The van der Waals surface area contributed by atoms with Crippen LogP contribution in [0.3, 0.4) is 0 Å². The number of hydrogen-bond acceptors (Lipinski definition) is 1. The number of terminal acetylenes is 1. The Morgan fingerprint density at radius 1 is 1.78 bits per heavy atom. The van der Waals surface area contributed by atoms with Gasteiger partial charge < -0.3 is 4.74 Å². The summed E-state index contributed by atoms with van der Waals surface area (Å²) in [5.74, 6) is 2.50. The Labute approximate surface area is 61.3 Å². The van der Waals surface area contributed by atoms with Crippen molar-refractivity contribution in [1.29, 1.82) is 0 Å². The van der Waals surface area contributed by atoms with Crippen LogP contribution in [-0.2, 0) is 4.74 Å². The van der Waals surface area contributed by atoms with E-state index in [1.54, 1.807) is 0 Å². The molecule has 0 aromatic heterocycles. The van der Waals surface area contributed by atoms with Crippen LogP contribution in [0.1, 0.15) is 19.8 Å². The highest BCUT2D eigenvalue weighted by atomic mass is 35.5. The molecule has 1 atom stereocenters. The topological polar surface area (TPSA) is 9.23 Å². The molecule has 0 aliphatic carbocycles. The van der Waals surface area contributed by atoms with Crippen molar-refractivity contribution < 1.29 is 4.74 Å². The van der Waals surface area contributed by atoms with Gasteiger partial charge in [0.25, 0.3) is 0 Å². The lowest BCUT2D eigenvalue weighted by Gasteiger charge is -2.06. The molecule has 0 saturated carbocycles. The monoisotopic (exact) mass is 146 g/mol. The molecule has 0 aliphatic heterocycles. The summed E-state index contributed by atoms with van der Waals surface area (Å²) in [7, 11) is 0. The summed E-state index contributed by atoms with van der Waals surface area (Å²) in [6, 6.07) is 0.189. The zero-order valence-corrected chi connectivity index (χ0v) is 6.32. The quantitative estimate of drug-likeness (QED) is 0.436. The molecule has 1 nitrogen and oxygen atoms in total. The van der Waals surface area contributed by atoms with Gasteiger partial charge >= 0.3 is 0 Å². The van der Waals surface area contributed by atoms with Gasteiger partial charge in [0.1, 0.15) is 12.2 Å². The van der Waals surface area contributed by atoms with E-state index in [1.807, 2.05) is 0 Å². The summed E-state index contributed by atoms with van der Waals surface area (Å²) in [5, 5.41) is 0. The van der Waals surface area contributed by atoms with Gasteiger partial charge in [-0.15, -0.1) is 6.42 Å². The third kappa shape index (κ3) is 4.32. The van der Waals surface area contributed by atoms with Gasteiger partial charge in [0.2, 0.25) is 0 Å². The standard InChI is InChI=1S/C7H11ClO/c1-3-5-7(4-2)9-6-8/h2,7H,3,5-6H2,1H3. The molecule has 0 bridgehead atoms. The Morgan fingerprint density at radius 2 is 2.44 bits per heavy atom. The zero-order chi connectivity index (χ0) is 7.11. The first-order chi connectivity index (χ1) is 4.35. The van der Waals surface area contributed by atoms with E-state index in [0.29, 0.717) is 0 Å². The average Bonchev–Trinajstić information content (AvgIpc) is 1.88. The van der Waals surface area contributed by atoms with Gasteiger partial charge in [-0.25, -0.2) is 0 Å². The van der Waals surface area contributed by atoms with Gasteiger partial charge in [0.15, 0.2) is 0 Å². The fraction of sp³-hybridized carbons (Fsp3) is 0.714. The van der Waals surface area contributed by atoms with Crippen LogP contribution in [0.2, 0.25) is 0 Å². The Hall–Kier alpha value is -0.190. The first-order valence-corrected chi connectivity index (χ1v) is 3.52. The summed E-state index contributed by atoms with van der Waals surface area (Å²) in [6.07, 6.45) is 6.95. The lowest BCUT2D eigenvalue weighted by atomic mass is 10.2. The molecule has 0 N–H and O–H groups in total. The Kier molecular flexibility index (Phi) is 5.81. The van der Waals surface area contributed by atoms with Crippen LogP contribution in [0, 0.1) is 12.3 Å². The fourth-order valence-electron chi connectivity index (χ4n) is 0.553. The highest BCUT2D eigenvalue weighted by molar-refractivity contribution is 6.17. The smallest absolute Gasteiger partial charge is 0.122 e. The number of ether oxygens (including phenoxy) is 1. The van der Waals surface area contributed by atoms with Crippen molar-refractivity contribution in [3.8, 4) is 12.3 Å². The van der Waals surface area contributed by atoms with Crippen molar-refractivity contribution in [2.75, 3.05) is 6.07 Å². The van der Waals surface area contributed by atoms with Crippen molar-refractivity contribution in [3.63, 3.8) is 0 Å². The van der Waals surface area contributed by atoms with Crippen LogP contribution < -0.4 is 0 Å². The predicted octanol–water partition coefficient (Wildman–Crippen LogP) is 2.00. The maximum absolute atomic E-state index is 5.29. The summed E-state index contributed by atoms with van der Waals surface area (Å²) in [6.45, 7) is 2.06. The van der Waals surface area contributed by atoms with E-state index in [-0.39, 0.29) is 12.2 Å². The molecule has 0 saturated heterocycles. The molecule has 0 aliphatic rings. The third-order valence-corrected chi connectivity index (χ3v) is 1.13. The van der Waals surface area contributed by atoms with Crippen LogP contribution in [0.4, 0.5) is 0 Å². The van der Waals surface area contributed by atoms with Gasteiger partial charge in [0.05, 0.1) is 0 Å². The maximum atomic E-state index is 5.29. The second-order valence-electron chi connectivity index (χ2n) is 1.72. The van der Waals surface area contributed by atoms with E-state index in [4.69, 9.17) is 22.8 Å². The lowest BCUT2D eigenvalue weighted by molar-refractivity contribution is 0.123. The highest BCUT2D eigenvalue weighted by Gasteiger charge is 2.00. The third-order valence-electron chi connectivity index (χ3n) is 1.00. The summed E-state index contributed by atoms with van der Waals surface area (Å²) in [5.41, 5.74) is 0. The molecule has 52 valence electrons. The van der Waals surface area contributed by atoms with Crippen LogP contribution in [-0.4, -0.2) is 12.2 Å². The largest absolute Gasteiger partial charge is 0.350 e. The van der Waals surface area contributed by atoms with E-state index in [9.17, 15) is 0 Å². The molecule has 9 heavy (non-hydrogen) atoms. The first-order valence-electron chi connectivity index (χ1n) is 2.98. The summed E-state index contributed by atoms with van der Waals surface area (Å²) < 4.78 is 4.96. The summed E-state index contributed by atoms with van der Waals surface area (Å²) >= 11 is 5.29. The second-order valence-corrected chi connectivity index (χ2v) is 1.94. The number of halogens is 1. The van der Waals surface area contributed by atoms with Gasteiger partial charge in [0, 0.05) is 0 Å². The number of hydrogen-bond donors (Lipinski definition) is 0. The summed E-state index contributed by atoms with van der Waals surface area (Å²) in [4.78, 5) is 0. The van der Waals surface area contributed by atoms with Gasteiger partial charge in [-0.3, -0.25) is 0 Å². The van der Waals surface area contributed by atoms with Crippen molar-refractivity contribution >= 4 is 11.6 Å². The molecule has 0 aromatic rings. The maximum Gasteiger partial charge on any atom is 0.122 e. The highest BCUT2D eigenvalue weighted by Crippen LogP contribution is 2.00. The second kappa shape index (κ2) is 5.94. The van der Waals surface area contributed by atoms with Crippen LogP contribution >= 0.6 is 11.6 Å². The van der Waals surface area contributed by atoms with Crippen LogP contribution in [0.5, 0.6) is 0 Å². The number of alkyl halides is 1. The average molecular weight is 147 g/mol. The molecule has 2 heteroatoms. The molecular formula is C7H11ClO. The molecular weight excluding hydrogens is 136 g/mol. The fourth-order valence-corrected chi connectivity index (χ4v) is 0.705. The van der Waals surface area contributed by atoms with Crippen LogP contribution in [0.25, 0.3) is 0 Å².